The fourth-order valence-corrected chi connectivity index (χ4v) is 3.96. The molecule has 0 bridgehead atoms. The zero-order valence-corrected chi connectivity index (χ0v) is 17.5. The van der Waals surface area contributed by atoms with Crippen molar-refractivity contribution in [3.63, 3.8) is 0 Å². The van der Waals surface area contributed by atoms with Crippen LogP contribution >= 0.6 is 0 Å². The molecule has 1 aliphatic rings. The Morgan fingerprint density at radius 2 is 2.03 bits per heavy atom. The summed E-state index contributed by atoms with van der Waals surface area (Å²) in [6.45, 7) is 1.31. The van der Waals surface area contributed by atoms with Crippen LogP contribution in [0.1, 0.15) is 36.4 Å². The van der Waals surface area contributed by atoms with Crippen molar-refractivity contribution in [2.75, 3.05) is 20.2 Å². The number of methoxy groups -OCH3 is 1. The highest BCUT2D eigenvalue weighted by atomic mass is 16.5. The Morgan fingerprint density at radius 1 is 1.23 bits per heavy atom. The van der Waals surface area contributed by atoms with Crippen molar-refractivity contribution in [2.24, 2.45) is 0 Å². The minimum atomic E-state index is -0.207. The molecule has 3 heterocycles. The van der Waals surface area contributed by atoms with Gasteiger partial charge in [-0.05, 0) is 30.9 Å². The number of aromatic amines is 1. The minimum absolute atomic E-state index is 0.135. The maximum atomic E-state index is 12.7. The first-order valence-electron chi connectivity index (χ1n) is 10.4. The molecule has 1 saturated heterocycles. The van der Waals surface area contributed by atoms with Crippen LogP contribution in [-0.4, -0.2) is 50.9 Å². The highest BCUT2D eigenvalue weighted by molar-refractivity contribution is 5.76. The Balaban J connectivity index is 1.37. The predicted octanol–water partition coefficient (Wildman–Crippen LogP) is 2.57. The van der Waals surface area contributed by atoms with Crippen molar-refractivity contribution in [1.29, 1.82) is 0 Å². The van der Waals surface area contributed by atoms with Gasteiger partial charge in [-0.25, -0.2) is 9.97 Å². The molecule has 1 fully saturated rings. The number of nitrogens with one attached hydrogen (secondary N) is 1. The lowest BCUT2D eigenvalue weighted by atomic mass is 9.93. The van der Waals surface area contributed by atoms with Crippen molar-refractivity contribution in [3.8, 4) is 17.3 Å². The number of hydrogen-bond donors (Lipinski definition) is 1. The molecular formula is C23H25N5O3. The number of benzene rings is 1. The van der Waals surface area contributed by atoms with Gasteiger partial charge in [-0.1, -0.05) is 18.2 Å². The summed E-state index contributed by atoms with van der Waals surface area (Å²) in [5.41, 5.74) is 2.11. The molecule has 8 heteroatoms. The smallest absolute Gasteiger partial charge is 0.251 e. The van der Waals surface area contributed by atoms with E-state index < -0.39 is 0 Å². The standard InChI is InChI=1S/C23H25N5O3/c1-31-20-5-3-2-4-17(20)6-7-22(30)28-12-8-16(9-13-28)18-14-21(29)27-23(26-18)19-15-24-10-11-25-19/h2-5,10-11,14-16H,6-9,12-13H2,1H3,(H,26,27,29). The van der Waals surface area contributed by atoms with Crippen LogP contribution in [0.4, 0.5) is 0 Å². The largest absolute Gasteiger partial charge is 0.496 e. The molecule has 0 spiro atoms. The number of carbonyl (C=O) groups excluding carboxylic acids is 1. The summed E-state index contributed by atoms with van der Waals surface area (Å²) in [5, 5.41) is 0. The number of rotatable bonds is 6. The number of aromatic nitrogens is 4. The molecule has 0 saturated carbocycles. The van der Waals surface area contributed by atoms with Gasteiger partial charge in [0.15, 0.2) is 5.82 Å². The molecule has 2 aromatic heterocycles. The number of para-hydroxylation sites is 1. The summed E-state index contributed by atoms with van der Waals surface area (Å²) in [6, 6.07) is 9.33. The molecule has 4 rings (SSSR count). The molecular weight excluding hydrogens is 394 g/mol. The maximum absolute atomic E-state index is 12.7. The van der Waals surface area contributed by atoms with Gasteiger partial charge >= 0.3 is 0 Å². The van der Waals surface area contributed by atoms with Crippen LogP contribution in [0, 0.1) is 0 Å². The number of likely N-dealkylation sites (tertiary alicyclic amines) is 1. The third-order valence-corrected chi connectivity index (χ3v) is 5.63. The van der Waals surface area contributed by atoms with Crippen LogP contribution in [0.15, 0.2) is 53.7 Å². The first kappa shape index (κ1) is 20.7. The normalized spacial score (nSPS) is 14.4. The summed E-state index contributed by atoms with van der Waals surface area (Å²) in [5.74, 6) is 1.51. The Hall–Kier alpha value is -3.55. The summed E-state index contributed by atoms with van der Waals surface area (Å²) < 4.78 is 5.37. The molecule has 1 amide bonds. The summed E-state index contributed by atoms with van der Waals surface area (Å²) >= 11 is 0. The van der Waals surface area contributed by atoms with Crippen LogP contribution in [0.3, 0.4) is 0 Å². The van der Waals surface area contributed by atoms with Crippen LogP contribution in [0.25, 0.3) is 11.5 Å². The first-order chi connectivity index (χ1) is 15.1. The van der Waals surface area contributed by atoms with E-state index >= 15 is 0 Å². The number of H-pyrrole nitrogens is 1. The van der Waals surface area contributed by atoms with E-state index in [9.17, 15) is 9.59 Å². The number of ether oxygens (including phenoxy) is 1. The molecule has 1 N–H and O–H groups in total. The van der Waals surface area contributed by atoms with Crippen LogP contribution in [-0.2, 0) is 11.2 Å². The van der Waals surface area contributed by atoms with Crippen molar-refractivity contribution in [1.82, 2.24) is 24.8 Å². The topological polar surface area (TPSA) is 101 Å². The van der Waals surface area contributed by atoms with E-state index in [2.05, 4.69) is 19.9 Å². The molecule has 1 aliphatic heterocycles. The second kappa shape index (κ2) is 9.51. The van der Waals surface area contributed by atoms with E-state index in [1.54, 1.807) is 31.8 Å². The van der Waals surface area contributed by atoms with E-state index in [0.717, 1.165) is 29.8 Å². The number of aryl methyl sites for hydroxylation is 1. The van der Waals surface area contributed by atoms with E-state index in [4.69, 9.17) is 4.74 Å². The molecule has 0 aliphatic carbocycles. The quantitative estimate of drug-likeness (QED) is 0.659. The first-order valence-corrected chi connectivity index (χ1v) is 10.4. The monoisotopic (exact) mass is 419 g/mol. The van der Waals surface area contributed by atoms with Gasteiger partial charge < -0.3 is 14.6 Å². The SMILES string of the molecule is COc1ccccc1CCC(=O)N1CCC(c2cc(=O)[nH]c(-c3cnccn3)n2)CC1. The van der Waals surface area contributed by atoms with E-state index in [0.29, 0.717) is 37.4 Å². The lowest BCUT2D eigenvalue weighted by Gasteiger charge is -2.32. The Labute approximate surface area is 180 Å². The molecule has 160 valence electrons. The zero-order valence-electron chi connectivity index (χ0n) is 17.5. The van der Waals surface area contributed by atoms with Crippen molar-refractivity contribution in [3.05, 3.63) is 70.5 Å². The molecule has 8 nitrogen and oxygen atoms in total. The highest BCUT2D eigenvalue weighted by Crippen LogP contribution is 2.27. The van der Waals surface area contributed by atoms with Gasteiger partial charge in [0, 0.05) is 43.9 Å². The molecule has 0 unspecified atom stereocenters. The third-order valence-electron chi connectivity index (χ3n) is 5.63. The number of nitrogens with zero attached hydrogens (tertiary/aromatic N) is 4. The van der Waals surface area contributed by atoms with Gasteiger partial charge in [-0.2, -0.15) is 0 Å². The van der Waals surface area contributed by atoms with E-state index in [-0.39, 0.29) is 17.4 Å². The number of amides is 1. The lowest BCUT2D eigenvalue weighted by Crippen LogP contribution is -2.38. The fraction of sp³-hybridized carbons (Fsp3) is 0.348. The van der Waals surface area contributed by atoms with Gasteiger partial charge in [-0.15, -0.1) is 0 Å². The van der Waals surface area contributed by atoms with Crippen LogP contribution in [0.2, 0.25) is 0 Å². The predicted molar refractivity (Wildman–Crippen MR) is 116 cm³/mol. The average molecular weight is 419 g/mol. The Bertz CT molecular complexity index is 1090. The van der Waals surface area contributed by atoms with Crippen molar-refractivity contribution < 1.29 is 9.53 Å². The lowest BCUT2D eigenvalue weighted by molar-refractivity contribution is -0.132. The van der Waals surface area contributed by atoms with Gasteiger partial charge in [0.1, 0.15) is 11.4 Å². The van der Waals surface area contributed by atoms with Gasteiger partial charge in [0.25, 0.3) is 5.56 Å². The fourth-order valence-electron chi connectivity index (χ4n) is 3.96. The molecule has 1 aromatic carbocycles. The average Bonchev–Trinajstić information content (AvgIpc) is 2.83. The zero-order chi connectivity index (χ0) is 21.6. The van der Waals surface area contributed by atoms with Crippen LogP contribution in [0.5, 0.6) is 5.75 Å². The maximum Gasteiger partial charge on any atom is 0.251 e. The molecule has 0 atom stereocenters. The second-order valence-corrected chi connectivity index (χ2v) is 7.58. The summed E-state index contributed by atoms with van der Waals surface area (Å²) in [4.78, 5) is 42.4. The second-order valence-electron chi connectivity index (χ2n) is 7.58. The molecule has 31 heavy (non-hydrogen) atoms. The van der Waals surface area contributed by atoms with E-state index in [1.807, 2.05) is 29.2 Å². The summed E-state index contributed by atoms with van der Waals surface area (Å²) in [7, 11) is 1.64. The Morgan fingerprint density at radius 3 is 2.77 bits per heavy atom. The Kier molecular flexibility index (Phi) is 6.35. The van der Waals surface area contributed by atoms with Gasteiger partial charge in [0.2, 0.25) is 5.91 Å². The number of piperidine rings is 1. The minimum Gasteiger partial charge on any atom is -0.496 e. The number of hydrogen-bond acceptors (Lipinski definition) is 6. The van der Waals surface area contributed by atoms with Crippen LogP contribution < -0.4 is 10.3 Å². The van der Waals surface area contributed by atoms with Crippen molar-refractivity contribution >= 4 is 5.91 Å². The highest BCUT2D eigenvalue weighted by Gasteiger charge is 2.25. The van der Waals surface area contributed by atoms with Gasteiger partial charge in [-0.3, -0.25) is 14.6 Å². The summed E-state index contributed by atoms with van der Waals surface area (Å²) in [6.07, 6.45) is 7.37. The number of carbonyl (C=O) groups is 1. The van der Waals surface area contributed by atoms with Crippen molar-refractivity contribution in [2.45, 2.75) is 31.6 Å². The third kappa shape index (κ3) is 4.96. The molecule has 3 aromatic rings. The van der Waals surface area contributed by atoms with E-state index in [1.165, 1.54) is 0 Å². The molecule has 0 radical (unpaired) electrons. The van der Waals surface area contributed by atoms with Gasteiger partial charge in [0.05, 0.1) is 19.0 Å².